The standard InChI is InChI=1S/C24H27FN4O5.C3H6.C2H6/c1-12-10-29(11-13(2)28-12)21-18(25)7-16-20(23(21)34-3)26-9-17(22(16)32)24(33)27-8-14-4-5-15(30)6-19(14)31;1-2-3-1;1-2/h4-7,9,12-13,28,30-31H,8,10-11H2,1-3H3,(H,26,32)(H,27,33);1-3H2;1-2H3. The van der Waals surface area contributed by atoms with Crippen LogP contribution in [-0.2, 0) is 6.54 Å². The van der Waals surface area contributed by atoms with Gasteiger partial charge in [0.1, 0.15) is 22.7 Å². The fraction of sp³-hybridized carbons (Fsp3) is 0.448. The average molecular weight is 543 g/mol. The third-order valence-electron chi connectivity index (χ3n) is 6.24. The molecule has 1 aliphatic heterocycles. The van der Waals surface area contributed by atoms with Crippen LogP contribution < -0.4 is 25.7 Å². The Hall–Kier alpha value is -3.79. The average Bonchev–Trinajstić information content (AvgIpc) is 3.78. The lowest BCUT2D eigenvalue weighted by Gasteiger charge is -2.38. The van der Waals surface area contributed by atoms with Crippen molar-refractivity contribution in [3.05, 3.63) is 57.6 Å². The minimum Gasteiger partial charge on any atom is -0.508 e. The lowest BCUT2D eigenvalue weighted by molar-refractivity contribution is 0.0949. The molecule has 5 N–H and O–H groups in total. The van der Waals surface area contributed by atoms with Crippen LogP contribution in [0.3, 0.4) is 0 Å². The number of halogens is 1. The summed E-state index contributed by atoms with van der Waals surface area (Å²) in [6, 6.07) is 5.39. The van der Waals surface area contributed by atoms with E-state index in [-0.39, 0.29) is 52.5 Å². The second-order valence-corrected chi connectivity index (χ2v) is 9.62. The van der Waals surface area contributed by atoms with Crippen LogP contribution in [0.25, 0.3) is 10.9 Å². The monoisotopic (exact) mass is 542 g/mol. The van der Waals surface area contributed by atoms with E-state index in [1.165, 1.54) is 44.7 Å². The molecule has 2 heterocycles. The Balaban J connectivity index is 0.000000770. The molecule has 39 heavy (non-hydrogen) atoms. The highest BCUT2D eigenvalue weighted by atomic mass is 19.1. The molecule has 1 saturated heterocycles. The molecule has 212 valence electrons. The van der Waals surface area contributed by atoms with Gasteiger partial charge in [0.05, 0.1) is 18.0 Å². The quantitative estimate of drug-likeness (QED) is 0.323. The van der Waals surface area contributed by atoms with Crippen LogP contribution >= 0.6 is 0 Å². The molecule has 0 bridgehead atoms. The van der Waals surface area contributed by atoms with Gasteiger partial charge >= 0.3 is 0 Å². The summed E-state index contributed by atoms with van der Waals surface area (Å²) in [6.07, 6.45) is 5.77. The predicted molar refractivity (Wildman–Crippen MR) is 151 cm³/mol. The van der Waals surface area contributed by atoms with Crippen molar-refractivity contribution in [3.63, 3.8) is 0 Å². The van der Waals surface area contributed by atoms with E-state index in [9.17, 15) is 19.8 Å². The molecule has 9 nitrogen and oxygen atoms in total. The molecule has 0 spiro atoms. The Labute approximate surface area is 228 Å². The first-order valence-electron chi connectivity index (χ1n) is 13.4. The molecule has 1 saturated carbocycles. The Morgan fingerprint density at radius 2 is 1.77 bits per heavy atom. The van der Waals surface area contributed by atoms with E-state index >= 15 is 4.39 Å². The topological polar surface area (TPSA) is 127 Å². The summed E-state index contributed by atoms with van der Waals surface area (Å²) >= 11 is 0. The van der Waals surface area contributed by atoms with Gasteiger partial charge in [-0.25, -0.2) is 4.39 Å². The summed E-state index contributed by atoms with van der Waals surface area (Å²) in [5, 5.41) is 25.2. The number of anilines is 1. The van der Waals surface area contributed by atoms with Gasteiger partial charge in [0.2, 0.25) is 5.43 Å². The zero-order chi connectivity index (χ0) is 28.7. The van der Waals surface area contributed by atoms with Gasteiger partial charge in [-0.15, -0.1) is 0 Å². The molecule has 0 radical (unpaired) electrons. The van der Waals surface area contributed by atoms with Crippen molar-refractivity contribution < 1.29 is 24.1 Å². The van der Waals surface area contributed by atoms with Gasteiger partial charge in [0, 0.05) is 49.5 Å². The molecule has 2 fully saturated rings. The van der Waals surface area contributed by atoms with Crippen LogP contribution in [0.2, 0.25) is 0 Å². The first kappa shape index (κ1) is 29.8. The number of carbonyl (C=O) groups is 1. The number of nitrogens with one attached hydrogen (secondary N) is 3. The van der Waals surface area contributed by atoms with Gasteiger partial charge in [-0.2, -0.15) is 0 Å². The number of H-pyrrole nitrogens is 1. The molecule has 2 aromatic carbocycles. The number of aromatic hydroxyl groups is 2. The van der Waals surface area contributed by atoms with Crippen LogP contribution in [0.1, 0.15) is 62.9 Å². The zero-order valence-electron chi connectivity index (χ0n) is 23.2. The molecule has 2 unspecified atom stereocenters. The zero-order valence-corrected chi connectivity index (χ0v) is 23.2. The lowest BCUT2D eigenvalue weighted by Crippen LogP contribution is -2.54. The number of pyridine rings is 1. The second kappa shape index (κ2) is 13.3. The Bertz CT molecular complexity index is 1340. The SMILES string of the molecule is C1CC1.CC.COc1c(N2CC(C)NC(C)C2)c(F)cc2c(=O)c(C(=O)NCc3ccc(O)cc3O)c[nH]c12. The molecule has 10 heteroatoms. The molecule has 2 atom stereocenters. The van der Waals surface area contributed by atoms with Gasteiger partial charge in [-0.1, -0.05) is 33.1 Å². The van der Waals surface area contributed by atoms with Crippen LogP contribution in [0.15, 0.2) is 35.3 Å². The highest BCUT2D eigenvalue weighted by Crippen LogP contribution is 2.37. The van der Waals surface area contributed by atoms with Crippen molar-refractivity contribution in [1.29, 1.82) is 0 Å². The number of nitrogens with zero attached hydrogens (tertiary/aromatic N) is 1. The summed E-state index contributed by atoms with van der Waals surface area (Å²) in [5.74, 6) is -1.40. The van der Waals surface area contributed by atoms with Crippen molar-refractivity contribution in [2.75, 3.05) is 25.1 Å². The van der Waals surface area contributed by atoms with Gasteiger partial charge in [-0.05, 0) is 32.0 Å². The fourth-order valence-corrected chi connectivity index (χ4v) is 4.44. The number of carbonyl (C=O) groups excluding carboxylic acids is 1. The number of rotatable bonds is 5. The fourth-order valence-electron chi connectivity index (χ4n) is 4.44. The molecular formula is C29H39FN4O5. The summed E-state index contributed by atoms with van der Waals surface area (Å²) in [7, 11) is 1.41. The number of ether oxygens (including phenoxy) is 1. The Morgan fingerprint density at radius 1 is 1.13 bits per heavy atom. The van der Waals surface area contributed by atoms with E-state index in [0.717, 1.165) is 12.1 Å². The second-order valence-electron chi connectivity index (χ2n) is 9.62. The number of hydrogen-bond donors (Lipinski definition) is 5. The predicted octanol–water partition coefficient (Wildman–Crippen LogP) is 4.40. The normalized spacial score (nSPS) is 17.8. The van der Waals surface area contributed by atoms with Crippen molar-refractivity contribution in [2.24, 2.45) is 0 Å². The number of amides is 1. The molecule has 5 rings (SSSR count). The van der Waals surface area contributed by atoms with Gasteiger partial charge in [0.25, 0.3) is 5.91 Å². The first-order chi connectivity index (χ1) is 18.7. The smallest absolute Gasteiger partial charge is 0.257 e. The number of phenolic OH excluding ortho intramolecular Hbond substituents is 2. The van der Waals surface area contributed by atoms with Crippen molar-refractivity contribution >= 4 is 22.5 Å². The maximum absolute atomic E-state index is 15.3. The molecular weight excluding hydrogens is 503 g/mol. The van der Waals surface area contributed by atoms with Crippen molar-refractivity contribution in [1.82, 2.24) is 15.6 Å². The van der Waals surface area contributed by atoms with E-state index in [1.807, 2.05) is 32.6 Å². The van der Waals surface area contributed by atoms with Gasteiger partial charge in [0.15, 0.2) is 11.6 Å². The summed E-state index contributed by atoms with van der Waals surface area (Å²) in [5.41, 5.74) is 0.0814. The lowest BCUT2D eigenvalue weighted by atomic mass is 10.1. The number of hydrogen-bond acceptors (Lipinski definition) is 7. The van der Waals surface area contributed by atoms with Gasteiger partial charge in [-0.3, -0.25) is 9.59 Å². The Kier molecular flexibility index (Phi) is 10.2. The number of methoxy groups -OCH3 is 1. The van der Waals surface area contributed by atoms with Crippen LogP contribution in [-0.4, -0.2) is 53.4 Å². The number of piperazine rings is 1. The maximum atomic E-state index is 15.3. The number of phenols is 2. The van der Waals surface area contributed by atoms with E-state index in [2.05, 4.69) is 15.6 Å². The number of fused-ring (bicyclic) bond motifs is 1. The van der Waals surface area contributed by atoms with Crippen molar-refractivity contribution in [2.45, 2.75) is 65.6 Å². The van der Waals surface area contributed by atoms with E-state index < -0.39 is 17.2 Å². The van der Waals surface area contributed by atoms with Crippen molar-refractivity contribution in [3.8, 4) is 17.2 Å². The molecule has 1 aromatic heterocycles. The van der Waals surface area contributed by atoms with E-state index in [4.69, 9.17) is 4.74 Å². The van der Waals surface area contributed by atoms with E-state index in [1.54, 1.807) is 0 Å². The maximum Gasteiger partial charge on any atom is 0.257 e. The highest BCUT2D eigenvalue weighted by molar-refractivity contribution is 5.99. The minimum atomic E-state index is -0.691. The Morgan fingerprint density at radius 3 is 2.33 bits per heavy atom. The third-order valence-corrected chi connectivity index (χ3v) is 6.24. The van der Waals surface area contributed by atoms with E-state index in [0.29, 0.717) is 24.2 Å². The number of benzene rings is 2. The minimum absolute atomic E-state index is 0.00513. The van der Waals surface area contributed by atoms with Crippen LogP contribution in [0, 0.1) is 5.82 Å². The number of aromatic amines is 1. The first-order valence-corrected chi connectivity index (χ1v) is 13.4. The summed E-state index contributed by atoms with van der Waals surface area (Å²) in [4.78, 5) is 30.6. The van der Waals surface area contributed by atoms with Gasteiger partial charge < -0.3 is 35.5 Å². The molecule has 3 aromatic rings. The van der Waals surface area contributed by atoms with Crippen LogP contribution in [0.5, 0.6) is 17.2 Å². The summed E-state index contributed by atoms with van der Waals surface area (Å²) in [6.45, 7) is 9.09. The van der Waals surface area contributed by atoms with Crippen LogP contribution in [0.4, 0.5) is 10.1 Å². The largest absolute Gasteiger partial charge is 0.508 e. The molecule has 2 aliphatic rings. The molecule has 1 aliphatic carbocycles. The number of aromatic nitrogens is 1. The highest BCUT2D eigenvalue weighted by Gasteiger charge is 2.28. The summed E-state index contributed by atoms with van der Waals surface area (Å²) < 4.78 is 20.8. The molecule has 1 amide bonds. The third kappa shape index (κ3) is 7.20.